The minimum absolute atomic E-state index is 0.103. The topological polar surface area (TPSA) is 50.2 Å². The summed E-state index contributed by atoms with van der Waals surface area (Å²) in [7, 11) is 0. The van der Waals surface area contributed by atoms with E-state index in [1.807, 2.05) is 60.4 Å². The minimum Gasteiger partial charge on any atom is -0.351 e. The zero-order valence-electron chi connectivity index (χ0n) is 14.3. The Labute approximate surface area is 143 Å². The van der Waals surface area contributed by atoms with E-state index < -0.39 is 0 Å². The molecule has 5 nitrogen and oxygen atoms in total. The number of piperidine rings is 1. The van der Waals surface area contributed by atoms with Gasteiger partial charge in [0.05, 0.1) is 12.6 Å². The van der Waals surface area contributed by atoms with Gasteiger partial charge in [0.2, 0.25) is 5.91 Å². The molecule has 128 valence electrons. The van der Waals surface area contributed by atoms with Gasteiger partial charge >= 0.3 is 0 Å². The molecule has 0 saturated carbocycles. The van der Waals surface area contributed by atoms with Gasteiger partial charge < -0.3 is 5.32 Å². The van der Waals surface area contributed by atoms with Crippen molar-refractivity contribution in [3.63, 3.8) is 0 Å². The van der Waals surface area contributed by atoms with Crippen LogP contribution >= 0.6 is 0 Å². The van der Waals surface area contributed by atoms with E-state index >= 15 is 0 Å². The maximum Gasteiger partial charge on any atom is 0.237 e. The van der Waals surface area contributed by atoms with Crippen molar-refractivity contribution >= 4 is 5.91 Å². The molecule has 1 fully saturated rings. The molecule has 1 aliphatic rings. The van der Waals surface area contributed by atoms with Crippen molar-refractivity contribution in [2.24, 2.45) is 0 Å². The van der Waals surface area contributed by atoms with Crippen molar-refractivity contribution in [1.82, 2.24) is 20.0 Å². The van der Waals surface area contributed by atoms with Gasteiger partial charge in [0.1, 0.15) is 0 Å². The summed E-state index contributed by atoms with van der Waals surface area (Å²) in [5.41, 5.74) is 1.13. The Balaban J connectivity index is 1.58. The molecule has 2 atom stereocenters. The molecule has 1 aromatic heterocycles. The van der Waals surface area contributed by atoms with E-state index in [0.717, 1.165) is 31.5 Å². The molecule has 0 spiro atoms. The van der Waals surface area contributed by atoms with Crippen LogP contribution in [0, 0.1) is 0 Å². The average Bonchev–Trinajstić information content (AvgIpc) is 3.13. The number of likely N-dealkylation sites (tertiary alicyclic amines) is 1. The molecule has 2 heterocycles. The molecule has 0 aliphatic carbocycles. The van der Waals surface area contributed by atoms with Gasteiger partial charge in [-0.1, -0.05) is 36.8 Å². The lowest BCUT2D eigenvalue weighted by Gasteiger charge is -2.39. The van der Waals surface area contributed by atoms with Crippen LogP contribution in [0.2, 0.25) is 0 Å². The number of carbonyl (C=O) groups excluding carboxylic acids is 1. The maximum atomic E-state index is 12.6. The lowest BCUT2D eigenvalue weighted by atomic mass is 9.99. The second kappa shape index (κ2) is 8.11. The highest BCUT2D eigenvalue weighted by Crippen LogP contribution is 2.21. The smallest absolute Gasteiger partial charge is 0.237 e. The molecular formula is C19H26N4O. The molecule has 5 heteroatoms. The molecule has 2 aromatic rings. The van der Waals surface area contributed by atoms with E-state index in [1.165, 1.54) is 6.42 Å². The fourth-order valence-electron chi connectivity index (χ4n) is 3.44. The lowest BCUT2D eigenvalue weighted by molar-refractivity contribution is -0.127. The van der Waals surface area contributed by atoms with Crippen LogP contribution in [0.3, 0.4) is 0 Å². The Hall–Kier alpha value is -2.14. The van der Waals surface area contributed by atoms with Crippen LogP contribution in [0.1, 0.15) is 31.7 Å². The average molecular weight is 326 g/mol. The standard InChI is InChI=1S/C19H26N4O/c1-16(19(24)20-14-17-8-3-2-4-9-17)23-13-6-5-10-18(23)15-22-12-7-11-21-22/h2-4,7-9,11-12,16,18H,5-6,10,13-15H2,1H3,(H,20,24)/t16-,18-/m0/s1. The van der Waals surface area contributed by atoms with E-state index in [4.69, 9.17) is 0 Å². The minimum atomic E-state index is -0.116. The number of benzene rings is 1. The summed E-state index contributed by atoms with van der Waals surface area (Å²) in [6.45, 7) is 4.43. The molecule has 1 amide bonds. The monoisotopic (exact) mass is 326 g/mol. The van der Waals surface area contributed by atoms with Gasteiger partial charge in [-0.25, -0.2) is 0 Å². The summed E-state index contributed by atoms with van der Waals surface area (Å²) >= 11 is 0. The molecule has 0 unspecified atom stereocenters. The Morgan fingerprint density at radius 3 is 2.88 bits per heavy atom. The van der Waals surface area contributed by atoms with Crippen LogP contribution in [0.25, 0.3) is 0 Å². The Morgan fingerprint density at radius 2 is 2.12 bits per heavy atom. The highest BCUT2D eigenvalue weighted by Gasteiger charge is 2.30. The first-order valence-electron chi connectivity index (χ1n) is 8.79. The molecule has 3 rings (SSSR count). The van der Waals surface area contributed by atoms with E-state index in [2.05, 4.69) is 15.3 Å². The number of nitrogens with zero attached hydrogens (tertiary/aromatic N) is 3. The lowest BCUT2D eigenvalue weighted by Crippen LogP contribution is -2.52. The van der Waals surface area contributed by atoms with E-state index in [-0.39, 0.29) is 11.9 Å². The SMILES string of the molecule is C[C@@H](C(=O)NCc1ccccc1)N1CCCC[C@H]1Cn1cccn1. The Morgan fingerprint density at radius 1 is 1.29 bits per heavy atom. The summed E-state index contributed by atoms with van der Waals surface area (Å²) < 4.78 is 1.97. The molecule has 1 aromatic carbocycles. The first-order chi connectivity index (χ1) is 11.7. The van der Waals surface area contributed by atoms with Crippen LogP contribution in [0.5, 0.6) is 0 Å². The molecule has 0 bridgehead atoms. The highest BCUT2D eigenvalue weighted by molar-refractivity contribution is 5.81. The molecule has 0 radical (unpaired) electrons. The van der Waals surface area contributed by atoms with Crippen LogP contribution in [-0.4, -0.2) is 39.2 Å². The van der Waals surface area contributed by atoms with Crippen molar-refractivity contribution in [1.29, 1.82) is 0 Å². The first kappa shape index (κ1) is 16.7. The van der Waals surface area contributed by atoms with Gasteiger partial charge in [0.25, 0.3) is 0 Å². The van der Waals surface area contributed by atoms with Crippen molar-refractivity contribution in [2.75, 3.05) is 6.54 Å². The summed E-state index contributed by atoms with van der Waals surface area (Å²) in [6, 6.07) is 12.3. The molecule has 24 heavy (non-hydrogen) atoms. The van der Waals surface area contributed by atoms with Gasteiger partial charge in [-0.2, -0.15) is 5.10 Å². The summed E-state index contributed by atoms with van der Waals surface area (Å²) in [4.78, 5) is 14.9. The number of rotatable bonds is 6. The Bertz CT molecular complexity index is 626. The second-order valence-electron chi connectivity index (χ2n) is 6.49. The molecular weight excluding hydrogens is 300 g/mol. The van der Waals surface area contributed by atoms with E-state index in [9.17, 15) is 4.79 Å². The predicted octanol–water partition coefficient (Wildman–Crippen LogP) is 2.44. The van der Waals surface area contributed by atoms with Crippen molar-refractivity contribution in [2.45, 2.75) is 51.4 Å². The third-order valence-corrected chi connectivity index (χ3v) is 4.82. The fourth-order valence-corrected chi connectivity index (χ4v) is 3.44. The number of nitrogens with one attached hydrogen (secondary N) is 1. The summed E-state index contributed by atoms with van der Waals surface area (Å²) in [5, 5.41) is 7.39. The number of amides is 1. The van der Waals surface area contributed by atoms with Gasteiger partial charge in [-0.15, -0.1) is 0 Å². The number of aromatic nitrogens is 2. The van der Waals surface area contributed by atoms with Crippen molar-refractivity contribution in [3.8, 4) is 0 Å². The van der Waals surface area contributed by atoms with Crippen LogP contribution in [-0.2, 0) is 17.9 Å². The van der Waals surface area contributed by atoms with Gasteiger partial charge in [0.15, 0.2) is 0 Å². The highest BCUT2D eigenvalue weighted by atomic mass is 16.2. The number of hydrogen-bond donors (Lipinski definition) is 1. The maximum absolute atomic E-state index is 12.6. The van der Waals surface area contributed by atoms with Gasteiger partial charge in [0, 0.05) is 25.0 Å². The first-order valence-corrected chi connectivity index (χ1v) is 8.79. The summed E-state index contributed by atoms with van der Waals surface area (Å²) in [5.74, 6) is 0.103. The van der Waals surface area contributed by atoms with Crippen LogP contribution < -0.4 is 5.32 Å². The summed E-state index contributed by atoms with van der Waals surface area (Å²) in [6.07, 6.45) is 7.30. The molecule has 1 saturated heterocycles. The fraction of sp³-hybridized carbons (Fsp3) is 0.474. The van der Waals surface area contributed by atoms with Gasteiger partial charge in [-0.3, -0.25) is 14.4 Å². The second-order valence-corrected chi connectivity index (χ2v) is 6.49. The van der Waals surface area contributed by atoms with Crippen LogP contribution in [0.15, 0.2) is 48.8 Å². The molecule has 1 N–H and O–H groups in total. The van der Waals surface area contributed by atoms with Crippen molar-refractivity contribution in [3.05, 3.63) is 54.4 Å². The normalized spacial score (nSPS) is 19.8. The third-order valence-electron chi connectivity index (χ3n) is 4.82. The Kier molecular flexibility index (Phi) is 5.64. The van der Waals surface area contributed by atoms with Gasteiger partial charge in [-0.05, 0) is 37.9 Å². The zero-order valence-corrected chi connectivity index (χ0v) is 14.3. The molecule has 1 aliphatic heterocycles. The zero-order chi connectivity index (χ0) is 16.8. The third kappa shape index (κ3) is 4.23. The largest absolute Gasteiger partial charge is 0.351 e. The van der Waals surface area contributed by atoms with E-state index in [1.54, 1.807) is 0 Å². The predicted molar refractivity (Wildman–Crippen MR) is 94.3 cm³/mol. The number of carbonyl (C=O) groups is 1. The van der Waals surface area contributed by atoms with E-state index in [0.29, 0.717) is 12.6 Å². The quantitative estimate of drug-likeness (QED) is 0.887. The van der Waals surface area contributed by atoms with Crippen molar-refractivity contribution < 1.29 is 4.79 Å². The number of hydrogen-bond acceptors (Lipinski definition) is 3. The van der Waals surface area contributed by atoms with Crippen LogP contribution in [0.4, 0.5) is 0 Å².